The van der Waals surface area contributed by atoms with Gasteiger partial charge in [0, 0.05) is 62.2 Å². The third-order valence-corrected chi connectivity index (χ3v) is 5.87. The Morgan fingerprint density at radius 3 is 2.45 bits per heavy atom. The highest BCUT2D eigenvalue weighted by atomic mass is 16.2. The van der Waals surface area contributed by atoms with Gasteiger partial charge in [0.1, 0.15) is 12.1 Å². The number of nitrogens with zero attached hydrogens (tertiary/aromatic N) is 7. The summed E-state index contributed by atoms with van der Waals surface area (Å²) in [4.78, 5) is 29.9. The molecule has 2 aliphatic heterocycles. The molecule has 2 aliphatic rings. The van der Waals surface area contributed by atoms with E-state index in [0.29, 0.717) is 17.4 Å². The van der Waals surface area contributed by atoms with Crippen molar-refractivity contribution >= 4 is 11.7 Å². The molecule has 2 fully saturated rings. The summed E-state index contributed by atoms with van der Waals surface area (Å²) in [6, 6.07) is 7.67. The third-order valence-electron chi connectivity index (χ3n) is 5.87. The summed E-state index contributed by atoms with van der Waals surface area (Å²) in [6.07, 6.45) is 4.94. The molecule has 0 radical (unpaired) electrons. The number of carbonyl (C=O) groups is 1. The first-order valence-electron chi connectivity index (χ1n) is 9.88. The fourth-order valence-electron chi connectivity index (χ4n) is 4.50. The van der Waals surface area contributed by atoms with Gasteiger partial charge in [-0.3, -0.25) is 9.78 Å². The minimum absolute atomic E-state index is 0.0768. The van der Waals surface area contributed by atoms with Gasteiger partial charge < -0.3 is 9.80 Å². The van der Waals surface area contributed by atoms with Crippen molar-refractivity contribution in [3.63, 3.8) is 0 Å². The maximum Gasteiger partial charge on any atom is 0.255 e. The Bertz CT molecular complexity index is 1030. The summed E-state index contributed by atoms with van der Waals surface area (Å²) in [5.41, 5.74) is 2.68. The average Bonchev–Trinajstić information content (AvgIpc) is 3.41. The largest absolute Gasteiger partial charge is 0.356 e. The van der Waals surface area contributed by atoms with Crippen LogP contribution in [0.1, 0.15) is 21.7 Å². The first kappa shape index (κ1) is 17.8. The minimum Gasteiger partial charge on any atom is -0.356 e. The zero-order chi connectivity index (χ0) is 20.0. The molecule has 0 aromatic carbocycles. The average molecular weight is 389 g/mol. The Hall–Kier alpha value is -3.29. The first-order valence-corrected chi connectivity index (χ1v) is 9.88. The van der Waals surface area contributed by atoms with Crippen LogP contribution in [0, 0.1) is 25.7 Å². The topological polar surface area (TPSA) is 80.0 Å². The molecule has 2 unspecified atom stereocenters. The summed E-state index contributed by atoms with van der Waals surface area (Å²) >= 11 is 0. The Balaban J connectivity index is 1.29. The molecule has 0 bridgehead atoms. The maximum atomic E-state index is 12.7. The van der Waals surface area contributed by atoms with Crippen molar-refractivity contribution in [3.8, 4) is 5.82 Å². The molecule has 8 heteroatoms. The van der Waals surface area contributed by atoms with E-state index >= 15 is 0 Å². The van der Waals surface area contributed by atoms with E-state index in [1.54, 1.807) is 24.8 Å². The van der Waals surface area contributed by atoms with Crippen LogP contribution in [0.5, 0.6) is 0 Å². The van der Waals surface area contributed by atoms with Gasteiger partial charge in [0.25, 0.3) is 5.91 Å². The molecule has 148 valence electrons. The van der Waals surface area contributed by atoms with Crippen molar-refractivity contribution in [2.45, 2.75) is 13.8 Å². The van der Waals surface area contributed by atoms with E-state index in [1.807, 2.05) is 41.6 Å². The van der Waals surface area contributed by atoms with E-state index in [0.717, 1.165) is 49.2 Å². The number of hydrogen-bond donors (Lipinski definition) is 0. The first-order chi connectivity index (χ1) is 14.1. The summed E-state index contributed by atoms with van der Waals surface area (Å²) in [6.45, 7) is 7.36. The second-order valence-corrected chi connectivity index (χ2v) is 7.95. The number of fused-ring (bicyclic) bond motifs is 1. The van der Waals surface area contributed by atoms with Gasteiger partial charge in [-0.2, -0.15) is 5.10 Å². The highest BCUT2D eigenvalue weighted by molar-refractivity contribution is 5.94. The molecule has 5 heterocycles. The number of amides is 1. The van der Waals surface area contributed by atoms with Gasteiger partial charge in [-0.15, -0.1) is 0 Å². The molecule has 0 spiro atoms. The van der Waals surface area contributed by atoms with Gasteiger partial charge in [0.05, 0.1) is 11.3 Å². The number of pyridine rings is 1. The normalized spacial score (nSPS) is 20.9. The predicted octanol–water partition coefficient (Wildman–Crippen LogP) is 1.88. The Morgan fingerprint density at radius 1 is 1.03 bits per heavy atom. The molecule has 0 aliphatic carbocycles. The lowest BCUT2D eigenvalue weighted by Crippen LogP contribution is -2.33. The summed E-state index contributed by atoms with van der Waals surface area (Å²) in [5, 5.41) is 4.52. The van der Waals surface area contributed by atoms with Crippen molar-refractivity contribution in [1.29, 1.82) is 0 Å². The molecule has 0 N–H and O–H groups in total. The van der Waals surface area contributed by atoms with Gasteiger partial charge in [0.15, 0.2) is 5.82 Å². The van der Waals surface area contributed by atoms with Crippen LogP contribution >= 0.6 is 0 Å². The maximum absolute atomic E-state index is 12.7. The standard InChI is InChI=1S/C21H23N7O/c1-14-6-15(2)28(25-14)20-7-19(23-13-24-20)26-9-17-11-27(12-18(17)10-26)21(29)16-4-3-5-22-8-16/h3-8,13,17-18H,9-12H2,1-2H3. The zero-order valence-corrected chi connectivity index (χ0v) is 16.6. The Kier molecular flexibility index (Phi) is 4.26. The van der Waals surface area contributed by atoms with E-state index < -0.39 is 0 Å². The molecule has 29 heavy (non-hydrogen) atoms. The molecular weight excluding hydrogens is 366 g/mol. The molecule has 3 aromatic rings. The highest BCUT2D eigenvalue weighted by Gasteiger charge is 2.42. The van der Waals surface area contributed by atoms with Crippen molar-refractivity contribution in [2.75, 3.05) is 31.1 Å². The molecule has 8 nitrogen and oxygen atoms in total. The lowest BCUT2D eigenvalue weighted by molar-refractivity contribution is 0.0782. The number of likely N-dealkylation sites (tertiary alicyclic amines) is 1. The number of hydrogen-bond acceptors (Lipinski definition) is 6. The summed E-state index contributed by atoms with van der Waals surface area (Å²) in [7, 11) is 0. The number of aryl methyl sites for hydroxylation is 2. The third kappa shape index (κ3) is 3.24. The van der Waals surface area contributed by atoms with Crippen molar-refractivity contribution in [3.05, 3.63) is 59.9 Å². The molecule has 3 aromatic heterocycles. The number of carbonyl (C=O) groups excluding carboxylic acids is 1. The molecule has 2 saturated heterocycles. The van der Waals surface area contributed by atoms with E-state index in [-0.39, 0.29) is 5.91 Å². The smallest absolute Gasteiger partial charge is 0.255 e. The van der Waals surface area contributed by atoms with Crippen molar-refractivity contribution in [2.24, 2.45) is 11.8 Å². The second kappa shape index (κ2) is 6.95. The van der Waals surface area contributed by atoms with E-state index in [9.17, 15) is 4.79 Å². The van der Waals surface area contributed by atoms with Gasteiger partial charge in [-0.05, 0) is 32.0 Å². The van der Waals surface area contributed by atoms with Crippen molar-refractivity contribution < 1.29 is 4.79 Å². The van der Waals surface area contributed by atoms with Crippen LogP contribution in [0.2, 0.25) is 0 Å². The lowest BCUT2D eigenvalue weighted by atomic mass is 10.0. The fourth-order valence-corrected chi connectivity index (χ4v) is 4.50. The number of aromatic nitrogens is 5. The van der Waals surface area contributed by atoms with Gasteiger partial charge >= 0.3 is 0 Å². The molecule has 5 rings (SSSR count). The van der Waals surface area contributed by atoms with E-state index in [1.165, 1.54) is 0 Å². The number of anilines is 1. The second-order valence-electron chi connectivity index (χ2n) is 7.95. The summed E-state index contributed by atoms with van der Waals surface area (Å²) in [5.74, 6) is 2.70. The minimum atomic E-state index is 0.0768. The lowest BCUT2D eigenvalue weighted by Gasteiger charge is -2.22. The van der Waals surface area contributed by atoms with Crippen molar-refractivity contribution in [1.82, 2.24) is 29.6 Å². The van der Waals surface area contributed by atoms with E-state index in [2.05, 4.69) is 25.0 Å². The molecule has 0 saturated carbocycles. The predicted molar refractivity (Wildman–Crippen MR) is 108 cm³/mol. The van der Waals surface area contributed by atoms with Gasteiger partial charge in [-0.25, -0.2) is 14.6 Å². The van der Waals surface area contributed by atoms with Crippen LogP contribution in [0.4, 0.5) is 5.82 Å². The molecule has 2 atom stereocenters. The van der Waals surface area contributed by atoms with Gasteiger partial charge in [0.2, 0.25) is 0 Å². The molecular formula is C21H23N7O. The monoisotopic (exact) mass is 389 g/mol. The zero-order valence-electron chi connectivity index (χ0n) is 16.6. The fraction of sp³-hybridized carbons (Fsp3) is 0.381. The van der Waals surface area contributed by atoms with Crippen LogP contribution in [0.15, 0.2) is 43.0 Å². The summed E-state index contributed by atoms with van der Waals surface area (Å²) < 4.78 is 1.85. The van der Waals surface area contributed by atoms with Crippen LogP contribution in [-0.4, -0.2) is 61.7 Å². The van der Waals surface area contributed by atoms with E-state index in [4.69, 9.17) is 0 Å². The number of rotatable bonds is 3. The quantitative estimate of drug-likeness (QED) is 0.681. The van der Waals surface area contributed by atoms with Crippen LogP contribution in [-0.2, 0) is 0 Å². The van der Waals surface area contributed by atoms with Crippen LogP contribution in [0.25, 0.3) is 5.82 Å². The molecule has 1 amide bonds. The highest BCUT2D eigenvalue weighted by Crippen LogP contribution is 2.34. The Morgan fingerprint density at radius 2 is 1.79 bits per heavy atom. The SMILES string of the molecule is Cc1cc(C)n(-c2cc(N3CC4CN(C(=O)c5cccnc5)CC4C3)ncn2)n1. The van der Waals surface area contributed by atoms with Crippen LogP contribution < -0.4 is 4.90 Å². The Labute approximate surface area is 169 Å². The van der Waals surface area contributed by atoms with Crippen LogP contribution in [0.3, 0.4) is 0 Å². The van der Waals surface area contributed by atoms with Gasteiger partial charge in [-0.1, -0.05) is 0 Å².